The van der Waals surface area contributed by atoms with Crippen molar-refractivity contribution in [3.8, 4) is 0 Å². The third-order valence-corrected chi connectivity index (χ3v) is 6.08. The molecule has 0 aliphatic carbocycles. The van der Waals surface area contributed by atoms with Gasteiger partial charge in [-0.05, 0) is 54.5 Å². The second-order valence-corrected chi connectivity index (χ2v) is 10.0. The Morgan fingerprint density at radius 1 is 0.690 bits per heavy atom. The number of anilines is 1. The molecule has 14 heteroatoms. The van der Waals surface area contributed by atoms with Crippen molar-refractivity contribution >= 4 is 39.2 Å². The van der Waals surface area contributed by atoms with Crippen LogP contribution < -0.4 is 16.9 Å². The van der Waals surface area contributed by atoms with Gasteiger partial charge in [-0.3, -0.25) is 9.59 Å². The molecule has 0 atom stereocenters. The SMILES string of the molecule is C.C.CC(C)n1cnc2c(=O)[nH]cnc21.CC(C)n1cnc2c(N)ccnc21.Cc1nc2c(ncn2C(C)C)c(=O)[nH]1. The van der Waals surface area contributed by atoms with E-state index >= 15 is 0 Å². The number of hydrogen-bond donors (Lipinski definition) is 3. The molecular formula is C28H42N12O2. The van der Waals surface area contributed by atoms with Gasteiger partial charge in [0.1, 0.15) is 11.3 Å². The van der Waals surface area contributed by atoms with E-state index in [1.807, 2.05) is 41.4 Å². The Morgan fingerprint density at radius 2 is 1.17 bits per heavy atom. The van der Waals surface area contributed by atoms with Crippen molar-refractivity contribution < 1.29 is 0 Å². The molecular weight excluding hydrogens is 536 g/mol. The first-order chi connectivity index (χ1) is 19.0. The Labute approximate surface area is 244 Å². The molecule has 4 N–H and O–H groups in total. The molecule has 6 rings (SSSR count). The van der Waals surface area contributed by atoms with E-state index in [1.54, 1.807) is 38.2 Å². The van der Waals surface area contributed by atoms with Crippen molar-refractivity contribution in [3.63, 3.8) is 0 Å². The largest absolute Gasteiger partial charge is 0.397 e. The molecule has 0 unspecified atom stereocenters. The number of fused-ring (bicyclic) bond motifs is 3. The molecule has 0 aliphatic heterocycles. The van der Waals surface area contributed by atoms with Crippen LogP contribution in [-0.2, 0) is 0 Å². The molecule has 226 valence electrons. The van der Waals surface area contributed by atoms with E-state index in [9.17, 15) is 9.59 Å². The normalized spacial score (nSPS) is 10.8. The van der Waals surface area contributed by atoms with Crippen LogP contribution in [0.1, 0.15) is 80.3 Å². The number of hydrogen-bond acceptors (Lipinski definition) is 9. The van der Waals surface area contributed by atoms with E-state index in [0.29, 0.717) is 39.9 Å². The summed E-state index contributed by atoms with van der Waals surface area (Å²) in [5, 5.41) is 0. The zero-order chi connectivity index (χ0) is 29.1. The lowest BCUT2D eigenvalue weighted by Gasteiger charge is -2.06. The number of nitrogens with one attached hydrogen (secondary N) is 2. The molecule has 0 aliphatic rings. The van der Waals surface area contributed by atoms with E-state index in [4.69, 9.17) is 5.73 Å². The summed E-state index contributed by atoms with van der Waals surface area (Å²) in [4.78, 5) is 52.6. The van der Waals surface area contributed by atoms with Crippen LogP contribution in [0.25, 0.3) is 33.5 Å². The van der Waals surface area contributed by atoms with E-state index < -0.39 is 0 Å². The topological polar surface area (TPSA) is 184 Å². The lowest BCUT2D eigenvalue weighted by molar-refractivity contribution is 0.612. The molecule has 0 spiro atoms. The predicted molar refractivity (Wildman–Crippen MR) is 168 cm³/mol. The van der Waals surface area contributed by atoms with Gasteiger partial charge in [-0.25, -0.2) is 29.9 Å². The van der Waals surface area contributed by atoms with Crippen LogP contribution in [0, 0.1) is 6.92 Å². The van der Waals surface area contributed by atoms with Crippen molar-refractivity contribution in [2.75, 3.05) is 5.73 Å². The van der Waals surface area contributed by atoms with Crippen molar-refractivity contribution in [2.24, 2.45) is 0 Å². The smallest absolute Gasteiger partial charge is 0.279 e. The standard InChI is InChI=1S/C9H12N4O.C9H12N4.C8H10N4O.2CH4/c1-5(2)13-4-10-7-8(13)11-6(3)12-9(7)14;1-6(2)13-5-12-8-7(10)3-4-11-9(8)13;1-5(2)12-4-11-6-7(12)9-3-10-8(6)13;;/h4-5H,1-3H3,(H,11,12,14);3-6H,1-2H3,(H2,10,11);3-5H,1-2H3,(H,9,10,13);2*1H4. The van der Waals surface area contributed by atoms with E-state index in [-0.39, 0.29) is 38.1 Å². The predicted octanol–water partition coefficient (Wildman–Crippen LogP) is 4.58. The third kappa shape index (κ3) is 6.70. The maximum atomic E-state index is 11.5. The summed E-state index contributed by atoms with van der Waals surface area (Å²) in [6, 6.07) is 2.65. The van der Waals surface area contributed by atoms with Gasteiger partial charge >= 0.3 is 0 Å². The van der Waals surface area contributed by atoms with Crippen LogP contribution in [0.4, 0.5) is 5.69 Å². The minimum Gasteiger partial charge on any atom is -0.397 e. The molecule has 6 aromatic heterocycles. The van der Waals surface area contributed by atoms with E-state index in [0.717, 1.165) is 11.2 Å². The van der Waals surface area contributed by atoms with Crippen molar-refractivity contribution in [1.82, 2.24) is 53.6 Å². The molecule has 0 amide bonds. The average Bonchev–Trinajstić information content (AvgIpc) is 3.62. The summed E-state index contributed by atoms with van der Waals surface area (Å²) in [5.41, 5.74) is 9.82. The molecule has 6 heterocycles. The van der Waals surface area contributed by atoms with Gasteiger partial charge < -0.3 is 29.4 Å². The molecule has 0 bridgehead atoms. The highest BCUT2D eigenvalue weighted by Gasteiger charge is 2.11. The van der Waals surface area contributed by atoms with Gasteiger partial charge in [0.05, 0.1) is 31.0 Å². The van der Waals surface area contributed by atoms with Crippen LogP contribution in [0.2, 0.25) is 0 Å². The highest BCUT2D eigenvalue weighted by molar-refractivity contribution is 5.83. The van der Waals surface area contributed by atoms with Crippen molar-refractivity contribution in [1.29, 1.82) is 0 Å². The van der Waals surface area contributed by atoms with Crippen LogP contribution in [0.5, 0.6) is 0 Å². The molecule has 14 nitrogen and oxygen atoms in total. The highest BCUT2D eigenvalue weighted by Crippen LogP contribution is 2.19. The minimum atomic E-state index is -0.190. The minimum absolute atomic E-state index is 0. The fourth-order valence-electron chi connectivity index (χ4n) is 3.99. The summed E-state index contributed by atoms with van der Waals surface area (Å²) in [6.45, 7) is 14.0. The van der Waals surface area contributed by atoms with Crippen LogP contribution in [0.15, 0.2) is 47.2 Å². The van der Waals surface area contributed by atoms with Crippen LogP contribution >= 0.6 is 0 Å². The van der Waals surface area contributed by atoms with Crippen molar-refractivity contribution in [3.05, 3.63) is 64.1 Å². The molecule has 6 aromatic rings. The summed E-state index contributed by atoms with van der Waals surface area (Å²) in [5.74, 6) is 0.616. The van der Waals surface area contributed by atoms with Gasteiger partial charge in [0.25, 0.3) is 11.1 Å². The number of nitrogen functional groups attached to an aromatic ring is 1. The Bertz CT molecular complexity index is 1870. The quantitative estimate of drug-likeness (QED) is 0.270. The van der Waals surface area contributed by atoms with Crippen molar-refractivity contribution in [2.45, 2.75) is 81.4 Å². The number of pyridine rings is 1. The Balaban J connectivity index is 0.000000215. The van der Waals surface area contributed by atoms with E-state index in [1.165, 1.54) is 6.33 Å². The van der Waals surface area contributed by atoms with E-state index in [2.05, 4.69) is 53.7 Å². The first-order valence-electron chi connectivity index (χ1n) is 12.9. The number of aromatic amines is 2. The third-order valence-electron chi connectivity index (χ3n) is 6.08. The fourth-order valence-corrected chi connectivity index (χ4v) is 3.99. The lowest BCUT2D eigenvalue weighted by Crippen LogP contribution is -2.11. The summed E-state index contributed by atoms with van der Waals surface area (Å²) >= 11 is 0. The molecule has 0 fully saturated rings. The molecule has 0 saturated heterocycles. The fraction of sp³-hybridized carbons (Fsp3) is 0.429. The zero-order valence-corrected chi connectivity index (χ0v) is 23.6. The van der Waals surface area contributed by atoms with Gasteiger partial charge in [-0.2, -0.15) is 0 Å². The van der Waals surface area contributed by atoms with Crippen LogP contribution in [-0.4, -0.2) is 53.6 Å². The highest BCUT2D eigenvalue weighted by atomic mass is 16.1. The molecule has 0 radical (unpaired) electrons. The lowest BCUT2D eigenvalue weighted by atomic mass is 10.3. The number of aryl methyl sites for hydroxylation is 1. The molecule has 42 heavy (non-hydrogen) atoms. The Morgan fingerprint density at radius 3 is 1.71 bits per heavy atom. The monoisotopic (exact) mass is 578 g/mol. The summed E-state index contributed by atoms with van der Waals surface area (Å²) in [6.07, 6.45) is 8.16. The number of nitrogens with two attached hydrogens (primary N) is 1. The first kappa shape index (κ1) is 33.3. The summed E-state index contributed by atoms with van der Waals surface area (Å²) < 4.78 is 5.76. The van der Waals surface area contributed by atoms with Crippen LogP contribution in [0.3, 0.4) is 0 Å². The Hall–Kier alpha value is -4.88. The molecule has 0 aromatic carbocycles. The zero-order valence-electron chi connectivity index (χ0n) is 23.6. The Kier molecular flexibility index (Phi) is 10.8. The second kappa shape index (κ2) is 13.7. The maximum absolute atomic E-state index is 11.5. The number of nitrogens with zero attached hydrogens (tertiary/aromatic N) is 9. The van der Waals surface area contributed by atoms with Gasteiger partial charge in [0.2, 0.25) is 0 Å². The first-order valence-corrected chi connectivity index (χ1v) is 12.9. The average molecular weight is 579 g/mol. The molecule has 0 saturated carbocycles. The van der Waals surface area contributed by atoms with Gasteiger partial charge in [-0.15, -0.1) is 0 Å². The number of imidazole rings is 3. The number of rotatable bonds is 3. The van der Waals surface area contributed by atoms with Gasteiger partial charge in [-0.1, -0.05) is 14.9 Å². The van der Waals surface area contributed by atoms with Gasteiger partial charge in [0, 0.05) is 24.3 Å². The maximum Gasteiger partial charge on any atom is 0.279 e. The number of aromatic nitrogens is 11. The number of H-pyrrole nitrogens is 2. The second-order valence-electron chi connectivity index (χ2n) is 10.0. The van der Waals surface area contributed by atoms with Gasteiger partial charge in [0.15, 0.2) is 28.0 Å². The summed E-state index contributed by atoms with van der Waals surface area (Å²) in [7, 11) is 0.